The van der Waals surface area contributed by atoms with Gasteiger partial charge in [-0.2, -0.15) is 0 Å². The number of amides is 1. The number of methoxy groups -OCH3 is 1. The highest BCUT2D eigenvalue weighted by molar-refractivity contribution is 5.92. The summed E-state index contributed by atoms with van der Waals surface area (Å²) in [6.45, 7) is -0.453. The van der Waals surface area contributed by atoms with Gasteiger partial charge in [0.1, 0.15) is 5.75 Å². The van der Waals surface area contributed by atoms with Crippen LogP contribution in [-0.4, -0.2) is 25.6 Å². The summed E-state index contributed by atoms with van der Waals surface area (Å²) in [5, 5.41) is 0. The summed E-state index contributed by atoms with van der Waals surface area (Å²) < 4.78 is 9.56. The monoisotopic (exact) mass is 224 g/mol. The second-order valence-corrected chi connectivity index (χ2v) is 3.00. The second-order valence-electron chi connectivity index (χ2n) is 3.00. The molecule has 0 aliphatic carbocycles. The van der Waals surface area contributed by atoms with Crippen LogP contribution in [-0.2, 0) is 9.53 Å². The van der Waals surface area contributed by atoms with Crippen LogP contribution in [0.5, 0.6) is 5.75 Å². The lowest BCUT2D eigenvalue weighted by Gasteiger charge is -2.06. The Bertz CT molecular complexity index is 417. The number of benzene rings is 1. The van der Waals surface area contributed by atoms with Gasteiger partial charge >= 0.3 is 5.97 Å². The Morgan fingerprint density at radius 2 is 2.06 bits per heavy atom. The molecule has 86 valence electrons. The van der Waals surface area contributed by atoms with Crippen LogP contribution in [0, 0.1) is 0 Å². The summed E-state index contributed by atoms with van der Waals surface area (Å²) >= 11 is 0. The van der Waals surface area contributed by atoms with Gasteiger partial charge in [-0.05, 0) is 18.2 Å². The first-order valence-corrected chi connectivity index (χ1v) is 4.43. The van der Waals surface area contributed by atoms with Crippen LogP contribution in [0.2, 0.25) is 0 Å². The van der Waals surface area contributed by atoms with E-state index in [9.17, 15) is 9.59 Å². The first-order chi connectivity index (χ1) is 7.54. The summed E-state index contributed by atoms with van der Waals surface area (Å²) in [6, 6.07) is 4.42. The number of nitrogen functional groups attached to an aromatic ring is 1. The van der Waals surface area contributed by atoms with Crippen molar-refractivity contribution in [1.29, 1.82) is 0 Å². The van der Waals surface area contributed by atoms with Gasteiger partial charge in [-0.3, -0.25) is 4.79 Å². The lowest BCUT2D eigenvalue weighted by Crippen LogP contribution is -2.20. The van der Waals surface area contributed by atoms with E-state index < -0.39 is 18.5 Å². The van der Waals surface area contributed by atoms with Crippen LogP contribution >= 0.6 is 0 Å². The average molecular weight is 224 g/mol. The largest absolute Gasteiger partial charge is 0.495 e. The molecule has 4 N–H and O–H groups in total. The van der Waals surface area contributed by atoms with Crippen molar-refractivity contribution in [2.75, 3.05) is 19.5 Å². The Labute approximate surface area is 92.1 Å². The highest BCUT2D eigenvalue weighted by Gasteiger charge is 2.10. The number of rotatable bonds is 4. The van der Waals surface area contributed by atoms with Crippen LogP contribution in [0.15, 0.2) is 18.2 Å². The molecule has 1 rings (SSSR count). The Morgan fingerprint density at radius 1 is 1.38 bits per heavy atom. The van der Waals surface area contributed by atoms with Crippen LogP contribution in [0.25, 0.3) is 0 Å². The van der Waals surface area contributed by atoms with Crippen molar-refractivity contribution in [1.82, 2.24) is 0 Å². The van der Waals surface area contributed by atoms with E-state index in [4.69, 9.17) is 16.2 Å². The SMILES string of the molecule is COc1cc(C(=O)OCC(N)=O)ccc1N. The minimum absolute atomic E-state index is 0.243. The highest BCUT2D eigenvalue weighted by atomic mass is 16.5. The molecule has 0 bridgehead atoms. The van der Waals surface area contributed by atoms with Crippen LogP contribution < -0.4 is 16.2 Å². The molecule has 16 heavy (non-hydrogen) atoms. The lowest BCUT2D eigenvalue weighted by molar-refractivity contribution is -0.121. The van der Waals surface area contributed by atoms with E-state index >= 15 is 0 Å². The maximum Gasteiger partial charge on any atom is 0.338 e. The summed E-state index contributed by atoms with van der Waals surface area (Å²) in [7, 11) is 1.43. The van der Waals surface area contributed by atoms with Crippen LogP contribution in [0.1, 0.15) is 10.4 Å². The van der Waals surface area contributed by atoms with E-state index in [1.165, 1.54) is 25.3 Å². The van der Waals surface area contributed by atoms with Gasteiger partial charge in [-0.15, -0.1) is 0 Å². The smallest absolute Gasteiger partial charge is 0.338 e. The standard InChI is InChI=1S/C10H12N2O4/c1-15-8-4-6(2-3-7(8)11)10(14)16-5-9(12)13/h2-4H,5,11H2,1H3,(H2,12,13). The second kappa shape index (κ2) is 5.01. The fourth-order valence-corrected chi connectivity index (χ4v) is 1.06. The number of ether oxygens (including phenoxy) is 2. The number of nitrogens with two attached hydrogens (primary N) is 2. The summed E-state index contributed by atoms with van der Waals surface area (Å²) in [6.07, 6.45) is 0. The minimum atomic E-state index is -0.712. The molecule has 0 saturated carbocycles. The molecule has 0 atom stereocenters. The maximum absolute atomic E-state index is 11.4. The summed E-state index contributed by atoms with van der Waals surface area (Å²) in [5.41, 5.74) is 11.1. The van der Waals surface area contributed by atoms with Gasteiger partial charge in [0, 0.05) is 0 Å². The number of primary amides is 1. The predicted molar refractivity (Wildman–Crippen MR) is 56.9 cm³/mol. The van der Waals surface area contributed by atoms with E-state index in [2.05, 4.69) is 4.74 Å². The van der Waals surface area contributed by atoms with Crippen molar-refractivity contribution in [2.45, 2.75) is 0 Å². The molecule has 0 aliphatic rings. The first kappa shape index (κ1) is 11.8. The van der Waals surface area contributed by atoms with Gasteiger partial charge in [0.25, 0.3) is 5.91 Å². The summed E-state index contributed by atoms with van der Waals surface area (Å²) in [5.74, 6) is -0.999. The normalized spacial score (nSPS) is 9.56. The van der Waals surface area contributed by atoms with Gasteiger partial charge in [-0.25, -0.2) is 4.79 Å². The van der Waals surface area contributed by atoms with E-state index in [0.29, 0.717) is 11.4 Å². The van der Waals surface area contributed by atoms with E-state index in [-0.39, 0.29) is 5.56 Å². The molecular weight excluding hydrogens is 212 g/mol. The topological polar surface area (TPSA) is 105 Å². The maximum atomic E-state index is 11.4. The average Bonchev–Trinajstić information content (AvgIpc) is 2.26. The number of hydrogen-bond acceptors (Lipinski definition) is 5. The Balaban J connectivity index is 2.80. The first-order valence-electron chi connectivity index (χ1n) is 4.43. The number of carbonyl (C=O) groups excluding carboxylic acids is 2. The van der Waals surface area contributed by atoms with Crippen molar-refractivity contribution in [2.24, 2.45) is 5.73 Å². The molecule has 0 spiro atoms. The third kappa shape index (κ3) is 2.88. The number of esters is 1. The molecule has 6 nitrogen and oxygen atoms in total. The van der Waals surface area contributed by atoms with Crippen molar-refractivity contribution >= 4 is 17.6 Å². The molecule has 0 aromatic heterocycles. The Morgan fingerprint density at radius 3 is 2.62 bits per heavy atom. The van der Waals surface area contributed by atoms with Gasteiger partial charge in [0.05, 0.1) is 18.4 Å². The van der Waals surface area contributed by atoms with E-state index in [1.807, 2.05) is 0 Å². The molecule has 0 fully saturated rings. The number of hydrogen-bond donors (Lipinski definition) is 2. The quantitative estimate of drug-likeness (QED) is 0.549. The fourth-order valence-electron chi connectivity index (χ4n) is 1.06. The van der Waals surface area contributed by atoms with Gasteiger partial charge in [0.2, 0.25) is 0 Å². The Hall–Kier alpha value is -2.24. The molecule has 0 unspecified atom stereocenters. The third-order valence-electron chi connectivity index (χ3n) is 1.81. The molecule has 6 heteroatoms. The van der Waals surface area contributed by atoms with Crippen molar-refractivity contribution in [3.05, 3.63) is 23.8 Å². The third-order valence-corrected chi connectivity index (χ3v) is 1.81. The van der Waals surface area contributed by atoms with Crippen LogP contribution in [0.3, 0.4) is 0 Å². The van der Waals surface area contributed by atoms with Crippen molar-refractivity contribution < 1.29 is 19.1 Å². The van der Waals surface area contributed by atoms with Crippen molar-refractivity contribution in [3.8, 4) is 5.75 Å². The number of carbonyl (C=O) groups is 2. The van der Waals surface area contributed by atoms with Crippen LogP contribution in [0.4, 0.5) is 5.69 Å². The van der Waals surface area contributed by atoms with Crippen molar-refractivity contribution in [3.63, 3.8) is 0 Å². The van der Waals surface area contributed by atoms with Gasteiger partial charge in [-0.1, -0.05) is 0 Å². The fraction of sp³-hybridized carbons (Fsp3) is 0.200. The van der Waals surface area contributed by atoms with E-state index in [0.717, 1.165) is 0 Å². The molecule has 1 aromatic rings. The molecule has 0 heterocycles. The molecule has 0 radical (unpaired) electrons. The lowest BCUT2D eigenvalue weighted by atomic mass is 10.2. The minimum Gasteiger partial charge on any atom is -0.495 e. The zero-order chi connectivity index (χ0) is 12.1. The van der Waals surface area contributed by atoms with Gasteiger partial charge < -0.3 is 20.9 Å². The summed E-state index contributed by atoms with van der Waals surface area (Å²) in [4.78, 5) is 21.8. The molecule has 1 amide bonds. The predicted octanol–water partition coefficient (Wildman–Crippen LogP) is -0.0805. The molecule has 1 aromatic carbocycles. The zero-order valence-corrected chi connectivity index (χ0v) is 8.73. The highest BCUT2D eigenvalue weighted by Crippen LogP contribution is 2.22. The number of anilines is 1. The van der Waals surface area contributed by atoms with Gasteiger partial charge in [0.15, 0.2) is 6.61 Å². The molecular formula is C10H12N2O4. The van der Waals surface area contributed by atoms with E-state index in [1.54, 1.807) is 0 Å². The zero-order valence-electron chi connectivity index (χ0n) is 8.73. The molecule has 0 saturated heterocycles. The molecule has 0 aliphatic heterocycles. The Kier molecular flexibility index (Phi) is 3.71.